The lowest BCUT2D eigenvalue weighted by atomic mass is 9.84. The number of benzene rings is 3. The summed E-state index contributed by atoms with van der Waals surface area (Å²) in [5.74, 6) is 1.54. The van der Waals surface area contributed by atoms with Crippen LogP contribution in [0.15, 0.2) is 89.6 Å². The van der Waals surface area contributed by atoms with E-state index in [0.717, 1.165) is 33.7 Å². The molecule has 32 heavy (non-hydrogen) atoms. The zero-order valence-corrected chi connectivity index (χ0v) is 18.8. The largest absolute Gasteiger partial charge is 0.480 e. The second-order valence-corrected chi connectivity index (χ2v) is 9.02. The fourth-order valence-corrected chi connectivity index (χ4v) is 5.08. The van der Waals surface area contributed by atoms with E-state index in [0.29, 0.717) is 11.0 Å². The molecule has 0 amide bonds. The van der Waals surface area contributed by atoms with Crippen molar-refractivity contribution in [1.82, 2.24) is 14.8 Å². The monoisotopic (exact) mass is 458 g/mol. The highest BCUT2D eigenvalue weighted by molar-refractivity contribution is 7.98. The van der Waals surface area contributed by atoms with Crippen molar-refractivity contribution in [3.63, 3.8) is 0 Å². The third-order valence-corrected chi connectivity index (χ3v) is 6.88. The zero-order valence-electron chi connectivity index (χ0n) is 17.2. The smallest absolute Gasteiger partial charge is 0.226 e. The Morgan fingerprint density at radius 2 is 1.84 bits per heavy atom. The fraction of sp³-hybridized carbons (Fsp3) is 0.120. The first-order valence-electron chi connectivity index (χ1n) is 10.3. The number of fused-ring (bicyclic) bond motifs is 3. The van der Waals surface area contributed by atoms with Crippen LogP contribution in [0.1, 0.15) is 28.8 Å². The quantitative estimate of drug-likeness (QED) is 0.370. The van der Waals surface area contributed by atoms with Gasteiger partial charge in [-0.1, -0.05) is 48.0 Å². The van der Waals surface area contributed by atoms with Crippen molar-refractivity contribution >= 4 is 35.0 Å². The van der Waals surface area contributed by atoms with Crippen molar-refractivity contribution in [3.05, 3.63) is 106 Å². The summed E-state index contributed by atoms with van der Waals surface area (Å²) in [7, 11) is 0. The number of nitrogens with zero attached hydrogens (tertiary/aromatic N) is 3. The number of halogens is 1. The van der Waals surface area contributed by atoms with E-state index in [-0.39, 0.29) is 12.1 Å². The maximum Gasteiger partial charge on any atom is 0.226 e. The highest BCUT2D eigenvalue weighted by Gasteiger charge is 2.40. The Hall–Kier alpha value is -3.22. The molecule has 0 saturated heterocycles. The summed E-state index contributed by atoms with van der Waals surface area (Å²) < 4.78 is 8.54. The summed E-state index contributed by atoms with van der Waals surface area (Å²) in [6.45, 7) is 0. The molecule has 2 atom stereocenters. The van der Waals surface area contributed by atoms with E-state index in [9.17, 15) is 0 Å². The Labute approximate surface area is 195 Å². The van der Waals surface area contributed by atoms with E-state index in [1.54, 1.807) is 18.1 Å². The molecular formula is C25H19ClN4OS. The van der Waals surface area contributed by atoms with Gasteiger partial charge in [0, 0.05) is 21.1 Å². The molecule has 0 spiro atoms. The molecule has 158 valence electrons. The standard InChI is InChI=1S/C25H19ClN4OS/c1-32-18-11-9-15(10-12-18)24-21-22(19-7-2-3-8-20(19)31-24)29-25-27-14-28-30(25)23(21)16-5-4-6-17(26)13-16/h2-14,23-24H,1H3,(H,27,28,29). The Bertz CT molecular complexity index is 1350. The Morgan fingerprint density at radius 3 is 2.66 bits per heavy atom. The van der Waals surface area contributed by atoms with Crippen LogP contribution in [0, 0.1) is 0 Å². The zero-order chi connectivity index (χ0) is 21.7. The van der Waals surface area contributed by atoms with Crippen molar-refractivity contribution in [2.24, 2.45) is 0 Å². The first-order valence-corrected chi connectivity index (χ1v) is 11.9. The van der Waals surface area contributed by atoms with Gasteiger partial charge in [0.25, 0.3) is 0 Å². The summed E-state index contributed by atoms with van der Waals surface area (Å²) in [6, 6.07) is 24.4. The summed E-state index contributed by atoms with van der Waals surface area (Å²) >= 11 is 8.12. The van der Waals surface area contributed by atoms with Crippen LogP contribution in [0.2, 0.25) is 5.02 Å². The van der Waals surface area contributed by atoms with Gasteiger partial charge in [0.2, 0.25) is 5.95 Å². The summed E-state index contributed by atoms with van der Waals surface area (Å²) in [6.07, 6.45) is 3.37. The van der Waals surface area contributed by atoms with Crippen LogP contribution in [0.4, 0.5) is 5.95 Å². The van der Waals surface area contributed by atoms with Crippen LogP contribution < -0.4 is 10.1 Å². The first-order chi connectivity index (χ1) is 15.7. The summed E-state index contributed by atoms with van der Waals surface area (Å²) in [4.78, 5) is 5.68. The molecule has 0 bridgehead atoms. The molecular weight excluding hydrogens is 440 g/mol. The molecule has 0 saturated carbocycles. The topological polar surface area (TPSA) is 52.0 Å². The van der Waals surface area contributed by atoms with E-state index in [4.69, 9.17) is 16.3 Å². The van der Waals surface area contributed by atoms with Gasteiger partial charge in [-0.2, -0.15) is 10.1 Å². The third kappa shape index (κ3) is 3.10. The number of ether oxygens (including phenoxy) is 1. The molecule has 1 aromatic heterocycles. The van der Waals surface area contributed by atoms with Crippen LogP contribution in [0.25, 0.3) is 5.70 Å². The number of thioether (sulfide) groups is 1. The van der Waals surface area contributed by atoms with Crippen molar-refractivity contribution in [2.45, 2.75) is 17.0 Å². The molecule has 0 radical (unpaired) electrons. The van der Waals surface area contributed by atoms with Gasteiger partial charge >= 0.3 is 0 Å². The molecule has 0 aliphatic carbocycles. The maximum absolute atomic E-state index is 6.64. The predicted molar refractivity (Wildman–Crippen MR) is 128 cm³/mol. The van der Waals surface area contributed by atoms with Crippen molar-refractivity contribution in [1.29, 1.82) is 0 Å². The normalized spacial score (nSPS) is 18.8. The fourth-order valence-electron chi connectivity index (χ4n) is 4.47. The van der Waals surface area contributed by atoms with E-state index >= 15 is 0 Å². The SMILES string of the molecule is CSc1ccc(C2Oc3ccccc3C3=C2C(c2cccc(Cl)c2)n2ncnc2N3)cc1. The van der Waals surface area contributed by atoms with Crippen molar-refractivity contribution < 1.29 is 4.74 Å². The summed E-state index contributed by atoms with van der Waals surface area (Å²) in [5, 5.41) is 8.76. The lowest BCUT2D eigenvalue weighted by Crippen LogP contribution is -2.32. The van der Waals surface area contributed by atoms with Crippen molar-refractivity contribution in [2.75, 3.05) is 11.6 Å². The van der Waals surface area contributed by atoms with Gasteiger partial charge < -0.3 is 10.1 Å². The molecule has 2 aliphatic heterocycles. The average molecular weight is 459 g/mol. The average Bonchev–Trinajstić information content (AvgIpc) is 3.30. The number of anilines is 1. The van der Waals surface area contributed by atoms with Gasteiger partial charge in [-0.25, -0.2) is 4.68 Å². The minimum atomic E-state index is -0.287. The first kappa shape index (κ1) is 19.5. The molecule has 3 heterocycles. The van der Waals surface area contributed by atoms with E-state index in [1.165, 1.54) is 4.90 Å². The van der Waals surface area contributed by atoms with E-state index < -0.39 is 0 Å². The van der Waals surface area contributed by atoms with Gasteiger partial charge in [0.15, 0.2) is 0 Å². The van der Waals surface area contributed by atoms with Crippen LogP contribution in [-0.2, 0) is 0 Å². The second-order valence-electron chi connectivity index (χ2n) is 7.71. The van der Waals surface area contributed by atoms with Gasteiger partial charge in [0.1, 0.15) is 24.2 Å². The van der Waals surface area contributed by atoms with Gasteiger partial charge in [-0.15, -0.1) is 11.8 Å². The van der Waals surface area contributed by atoms with Crippen LogP contribution in [0.3, 0.4) is 0 Å². The van der Waals surface area contributed by atoms with Crippen LogP contribution >= 0.6 is 23.4 Å². The molecule has 3 aromatic carbocycles. The summed E-state index contributed by atoms with van der Waals surface area (Å²) in [5.41, 5.74) is 5.23. The Kier molecular flexibility index (Phi) is 4.70. The van der Waals surface area contributed by atoms with Gasteiger partial charge in [-0.3, -0.25) is 0 Å². The lowest BCUT2D eigenvalue weighted by molar-refractivity contribution is 0.223. The lowest BCUT2D eigenvalue weighted by Gasteiger charge is -2.39. The minimum absolute atomic E-state index is 0.207. The number of hydrogen-bond donors (Lipinski definition) is 1. The maximum atomic E-state index is 6.64. The van der Waals surface area contributed by atoms with Crippen LogP contribution in [-0.4, -0.2) is 21.0 Å². The van der Waals surface area contributed by atoms with Crippen molar-refractivity contribution in [3.8, 4) is 5.75 Å². The Morgan fingerprint density at radius 1 is 1.00 bits per heavy atom. The molecule has 2 unspecified atom stereocenters. The molecule has 0 fully saturated rings. The molecule has 5 nitrogen and oxygen atoms in total. The number of aromatic nitrogens is 3. The van der Waals surface area contributed by atoms with Gasteiger partial charge in [-0.05, 0) is 53.8 Å². The predicted octanol–water partition coefficient (Wildman–Crippen LogP) is 6.21. The molecule has 4 aromatic rings. The second kappa shape index (κ2) is 7.73. The number of rotatable bonds is 3. The molecule has 7 heteroatoms. The van der Waals surface area contributed by atoms with E-state index in [1.807, 2.05) is 41.1 Å². The third-order valence-electron chi connectivity index (χ3n) is 5.90. The van der Waals surface area contributed by atoms with Gasteiger partial charge in [0.05, 0.1) is 5.70 Å². The minimum Gasteiger partial charge on any atom is -0.480 e. The highest BCUT2D eigenvalue weighted by Crippen LogP contribution is 2.50. The highest BCUT2D eigenvalue weighted by atomic mass is 35.5. The van der Waals surface area contributed by atoms with E-state index in [2.05, 4.69) is 58.1 Å². The molecule has 2 aliphatic rings. The molecule has 1 N–H and O–H groups in total. The Balaban J connectivity index is 1.61. The van der Waals surface area contributed by atoms with Crippen LogP contribution in [0.5, 0.6) is 5.75 Å². The number of hydrogen-bond acceptors (Lipinski definition) is 5. The number of para-hydroxylation sites is 1. The number of nitrogens with one attached hydrogen (secondary N) is 1. The molecule has 6 rings (SSSR count).